The number of nitrogens with two attached hydrogens (primary N) is 1. The molecule has 0 spiro atoms. The molecule has 4 rings (SSSR count). The molecule has 3 aliphatic rings. The van der Waals surface area contributed by atoms with Gasteiger partial charge < -0.3 is 10.8 Å². The highest BCUT2D eigenvalue weighted by molar-refractivity contribution is 5.33. The summed E-state index contributed by atoms with van der Waals surface area (Å²) in [5.41, 5.74) is 7.23. The van der Waals surface area contributed by atoms with Crippen LogP contribution in [0.2, 0.25) is 0 Å². The summed E-state index contributed by atoms with van der Waals surface area (Å²) in [5.74, 6) is 0.722. The molecule has 4 N–H and O–H groups in total. The highest BCUT2D eigenvalue weighted by Gasteiger charge is 2.57. The van der Waals surface area contributed by atoms with Gasteiger partial charge in [-0.25, -0.2) is 0 Å². The van der Waals surface area contributed by atoms with E-state index in [1.165, 1.54) is 5.57 Å². The number of aromatic amines is 1. The molecule has 1 aromatic rings. The molecule has 162 valence electrons. The maximum Gasteiger partial charge on any atom is 0.435 e. The van der Waals surface area contributed by atoms with Crippen molar-refractivity contribution in [3.05, 3.63) is 29.1 Å². The van der Waals surface area contributed by atoms with Crippen molar-refractivity contribution in [2.24, 2.45) is 40.2 Å². The maximum atomic E-state index is 13.5. The Labute approximate surface area is 170 Å². The van der Waals surface area contributed by atoms with Crippen LogP contribution in [0.1, 0.15) is 56.5 Å². The molecule has 3 aliphatic carbocycles. The number of H-pyrrole nitrogens is 1. The van der Waals surface area contributed by atoms with Crippen molar-refractivity contribution in [1.29, 1.82) is 0 Å². The van der Waals surface area contributed by atoms with Crippen LogP contribution in [0.5, 0.6) is 0 Å². The summed E-state index contributed by atoms with van der Waals surface area (Å²) < 4.78 is 40.6. The molecule has 6 atom stereocenters. The topological polar surface area (TPSA) is 74.9 Å². The number of nitrogens with zero attached hydrogens (tertiary/aromatic N) is 1. The minimum atomic E-state index is -4.47. The van der Waals surface area contributed by atoms with Gasteiger partial charge in [-0.3, -0.25) is 5.10 Å². The molecule has 0 saturated heterocycles. The minimum Gasteiger partial charge on any atom is -0.396 e. The average molecular weight is 412 g/mol. The van der Waals surface area contributed by atoms with E-state index >= 15 is 0 Å². The smallest absolute Gasteiger partial charge is 0.396 e. The molecule has 0 aromatic carbocycles. The number of aliphatic hydroxyl groups is 1. The zero-order valence-corrected chi connectivity index (χ0v) is 17.3. The quantitative estimate of drug-likeness (QED) is 0.656. The number of halogens is 3. The molecule has 2 fully saturated rings. The number of hydrogen-bond acceptors (Lipinski definition) is 3. The van der Waals surface area contributed by atoms with E-state index in [-0.39, 0.29) is 41.8 Å². The van der Waals surface area contributed by atoms with Crippen LogP contribution in [-0.4, -0.2) is 28.5 Å². The van der Waals surface area contributed by atoms with Crippen molar-refractivity contribution in [3.8, 4) is 0 Å². The van der Waals surface area contributed by atoms with Crippen LogP contribution in [0.25, 0.3) is 0 Å². The number of fused-ring (bicyclic) bond motifs is 2. The van der Waals surface area contributed by atoms with Crippen molar-refractivity contribution >= 4 is 0 Å². The summed E-state index contributed by atoms with van der Waals surface area (Å²) in [6.07, 6.45) is 0.176. The number of allylic oxidation sites excluding steroid dienone is 1. The van der Waals surface area contributed by atoms with Gasteiger partial charge in [0.15, 0.2) is 5.69 Å². The summed E-state index contributed by atoms with van der Waals surface area (Å²) in [5, 5.41) is 16.4. The lowest BCUT2D eigenvalue weighted by Gasteiger charge is -2.55. The average Bonchev–Trinajstić information content (AvgIpc) is 3.20. The van der Waals surface area contributed by atoms with Gasteiger partial charge in [0.25, 0.3) is 0 Å². The number of nitrogens with one attached hydrogen (secondary N) is 1. The number of hydrogen-bond donors (Lipinski definition) is 3. The Morgan fingerprint density at radius 2 is 2.00 bits per heavy atom. The zero-order chi connectivity index (χ0) is 21.2. The third kappa shape index (κ3) is 2.99. The molecule has 4 nitrogen and oxygen atoms in total. The first-order valence-electron chi connectivity index (χ1n) is 10.7. The summed E-state index contributed by atoms with van der Waals surface area (Å²) in [4.78, 5) is 0. The van der Waals surface area contributed by atoms with Gasteiger partial charge in [0.1, 0.15) is 0 Å². The number of rotatable bonds is 3. The summed E-state index contributed by atoms with van der Waals surface area (Å²) >= 11 is 0. The van der Waals surface area contributed by atoms with E-state index in [2.05, 4.69) is 30.6 Å². The molecule has 1 heterocycles. The fraction of sp³-hybridized carbons (Fsp3) is 0.773. The highest BCUT2D eigenvalue weighted by atomic mass is 19.4. The molecular formula is C22H32F3N3O. The fourth-order valence-electron chi connectivity index (χ4n) is 7.05. The summed E-state index contributed by atoms with van der Waals surface area (Å²) in [7, 11) is 0. The van der Waals surface area contributed by atoms with Crippen molar-refractivity contribution in [1.82, 2.24) is 10.2 Å². The zero-order valence-electron chi connectivity index (χ0n) is 17.3. The molecule has 2 saturated carbocycles. The maximum absolute atomic E-state index is 13.5. The fourth-order valence-corrected chi connectivity index (χ4v) is 7.05. The van der Waals surface area contributed by atoms with Crippen molar-refractivity contribution < 1.29 is 18.3 Å². The minimum absolute atomic E-state index is 0.0429. The van der Waals surface area contributed by atoms with Gasteiger partial charge >= 0.3 is 6.18 Å². The molecule has 0 aliphatic heterocycles. The molecular weight excluding hydrogens is 379 g/mol. The van der Waals surface area contributed by atoms with Crippen molar-refractivity contribution in [2.45, 2.75) is 58.5 Å². The molecule has 0 amide bonds. The van der Waals surface area contributed by atoms with Gasteiger partial charge in [0, 0.05) is 17.9 Å². The van der Waals surface area contributed by atoms with Crippen LogP contribution in [0.15, 0.2) is 12.2 Å². The third-order valence-electron chi connectivity index (χ3n) is 8.89. The lowest BCUT2D eigenvalue weighted by molar-refractivity contribution is -0.142. The Hall–Kier alpha value is -1.34. The van der Waals surface area contributed by atoms with Crippen LogP contribution in [0, 0.1) is 34.5 Å². The highest BCUT2D eigenvalue weighted by Crippen LogP contribution is 2.63. The second-order valence-corrected chi connectivity index (χ2v) is 10.0. The van der Waals surface area contributed by atoms with E-state index in [1.54, 1.807) is 0 Å². The normalized spacial score (nSPS) is 40.0. The van der Waals surface area contributed by atoms with E-state index in [1.807, 2.05) is 0 Å². The Bertz CT molecular complexity index is 804. The van der Waals surface area contributed by atoms with E-state index in [4.69, 9.17) is 5.73 Å². The largest absolute Gasteiger partial charge is 0.435 e. The van der Waals surface area contributed by atoms with Crippen LogP contribution < -0.4 is 5.73 Å². The molecule has 29 heavy (non-hydrogen) atoms. The first-order chi connectivity index (χ1) is 13.6. The van der Waals surface area contributed by atoms with Gasteiger partial charge in [-0.15, -0.1) is 0 Å². The molecule has 1 aromatic heterocycles. The number of alkyl halides is 3. The summed E-state index contributed by atoms with van der Waals surface area (Å²) in [6, 6.07) is 0. The van der Waals surface area contributed by atoms with E-state index in [9.17, 15) is 18.3 Å². The Morgan fingerprint density at radius 3 is 2.62 bits per heavy atom. The van der Waals surface area contributed by atoms with Crippen LogP contribution in [0.3, 0.4) is 0 Å². The summed E-state index contributed by atoms with van der Waals surface area (Å²) in [6.45, 7) is 9.15. The molecule has 0 unspecified atom stereocenters. The van der Waals surface area contributed by atoms with Crippen LogP contribution in [-0.2, 0) is 19.0 Å². The Balaban J connectivity index is 1.73. The van der Waals surface area contributed by atoms with Gasteiger partial charge in [-0.05, 0) is 79.6 Å². The molecule has 0 radical (unpaired) electrons. The number of aliphatic hydroxyl groups excluding tert-OH is 1. The first-order valence-corrected chi connectivity index (χ1v) is 10.7. The Kier molecular flexibility index (Phi) is 4.93. The molecule has 0 bridgehead atoms. The van der Waals surface area contributed by atoms with Gasteiger partial charge in [-0.1, -0.05) is 26.0 Å². The standard InChI is InChI=1S/C22H32F3N3O/c1-12-4-5-16-15(10-26)17(6-7-20(12,16)2)21(3)9-14-18(8-13(21)11-29)27-28-19(14)22(23,24)25/h13,15-17,29H,1,4-11,26H2,2-3H3,(H,27,28)/t13-,15+,16+,17+,20-,21+/m1/s1. The van der Waals surface area contributed by atoms with E-state index in [0.717, 1.165) is 25.7 Å². The second-order valence-electron chi connectivity index (χ2n) is 10.0. The van der Waals surface area contributed by atoms with Crippen LogP contribution >= 0.6 is 0 Å². The number of aromatic nitrogens is 2. The third-order valence-corrected chi connectivity index (χ3v) is 8.89. The van der Waals surface area contributed by atoms with Crippen molar-refractivity contribution in [3.63, 3.8) is 0 Å². The molecule has 7 heteroatoms. The van der Waals surface area contributed by atoms with Gasteiger partial charge in [0.05, 0.1) is 0 Å². The SMILES string of the molecule is C=C1CC[C@H]2[C@H](CN)[C@@H]([C@@]3(C)Cc4c(C(F)(F)F)n[nH]c4C[C@@H]3CO)CC[C@]12C. The second kappa shape index (κ2) is 6.84. The van der Waals surface area contributed by atoms with Gasteiger partial charge in [0.2, 0.25) is 0 Å². The van der Waals surface area contributed by atoms with Gasteiger partial charge in [-0.2, -0.15) is 18.3 Å². The first kappa shape index (κ1) is 20.9. The van der Waals surface area contributed by atoms with E-state index in [0.29, 0.717) is 24.6 Å². The predicted octanol–water partition coefficient (Wildman–Crippen LogP) is 4.10. The Morgan fingerprint density at radius 1 is 1.28 bits per heavy atom. The lowest BCUT2D eigenvalue weighted by Crippen LogP contribution is -2.53. The van der Waals surface area contributed by atoms with Crippen LogP contribution in [0.4, 0.5) is 13.2 Å². The van der Waals surface area contributed by atoms with Crippen molar-refractivity contribution in [2.75, 3.05) is 13.2 Å². The lowest BCUT2D eigenvalue weighted by atomic mass is 9.49. The van der Waals surface area contributed by atoms with E-state index < -0.39 is 17.3 Å². The monoisotopic (exact) mass is 411 g/mol. The predicted molar refractivity (Wildman–Crippen MR) is 105 cm³/mol.